The largest absolute Gasteiger partial charge is 0.397 e. The molecular formula is C17H25N3O. The molecule has 1 aromatic carbocycles. The molecule has 0 saturated heterocycles. The lowest BCUT2D eigenvalue weighted by Gasteiger charge is -2.30. The molecule has 1 fully saturated rings. The number of rotatable bonds is 3. The summed E-state index contributed by atoms with van der Waals surface area (Å²) in [7, 11) is 0. The monoisotopic (exact) mass is 287 g/mol. The third kappa shape index (κ3) is 3.14. The van der Waals surface area contributed by atoms with Crippen LogP contribution in [0.4, 0.5) is 17.1 Å². The maximum absolute atomic E-state index is 11.5. The van der Waals surface area contributed by atoms with E-state index in [2.05, 4.69) is 17.6 Å². The SMILES string of the molecule is CCC1CCC(Nc2cc3c(cc2N)CCC(=O)N3)CC1. The van der Waals surface area contributed by atoms with Gasteiger partial charge in [-0.3, -0.25) is 4.79 Å². The minimum atomic E-state index is 0.0988. The van der Waals surface area contributed by atoms with Crippen LogP contribution in [-0.2, 0) is 11.2 Å². The van der Waals surface area contributed by atoms with Crippen LogP contribution in [0.15, 0.2) is 12.1 Å². The van der Waals surface area contributed by atoms with Crippen molar-refractivity contribution < 1.29 is 4.79 Å². The third-order valence-electron chi connectivity index (χ3n) is 4.95. The molecule has 0 bridgehead atoms. The quantitative estimate of drug-likeness (QED) is 0.745. The molecule has 1 aromatic rings. The standard InChI is InChI=1S/C17H25N3O/c1-2-11-3-6-13(7-4-11)19-16-10-15-12(9-14(16)18)5-8-17(21)20-15/h9-11,13,19H,2-8,18H2,1H3,(H,20,21). The Hall–Kier alpha value is -1.71. The fourth-order valence-corrected chi connectivity index (χ4v) is 3.51. The molecule has 0 aromatic heterocycles. The van der Waals surface area contributed by atoms with Crippen molar-refractivity contribution in [2.75, 3.05) is 16.4 Å². The normalized spacial score (nSPS) is 25.1. The Bertz CT molecular complexity index is 533. The second-order valence-electron chi connectivity index (χ2n) is 6.42. The van der Waals surface area contributed by atoms with Crippen LogP contribution < -0.4 is 16.4 Å². The Balaban J connectivity index is 1.71. The molecule has 0 unspecified atom stereocenters. The third-order valence-corrected chi connectivity index (χ3v) is 4.95. The molecule has 0 radical (unpaired) electrons. The van der Waals surface area contributed by atoms with Gasteiger partial charge < -0.3 is 16.4 Å². The van der Waals surface area contributed by atoms with E-state index in [4.69, 9.17) is 5.73 Å². The fourth-order valence-electron chi connectivity index (χ4n) is 3.51. The number of carbonyl (C=O) groups is 1. The molecular weight excluding hydrogens is 262 g/mol. The molecule has 1 aliphatic carbocycles. The van der Waals surface area contributed by atoms with Gasteiger partial charge in [0.2, 0.25) is 5.91 Å². The molecule has 4 N–H and O–H groups in total. The van der Waals surface area contributed by atoms with E-state index < -0.39 is 0 Å². The first-order valence-electron chi connectivity index (χ1n) is 8.14. The number of anilines is 3. The summed E-state index contributed by atoms with van der Waals surface area (Å²) in [4.78, 5) is 11.5. The molecule has 1 saturated carbocycles. The molecule has 1 amide bonds. The van der Waals surface area contributed by atoms with Crippen LogP contribution in [0, 0.1) is 5.92 Å². The zero-order chi connectivity index (χ0) is 14.8. The number of carbonyl (C=O) groups excluding carboxylic acids is 1. The molecule has 21 heavy (non-hydrogen) atoms. The minimum Gasteiger partial charge on any atom is -0.397 e. The summed E-state index contributed by atoms with van der Waals surface area (Å²) in [5.41, 5.74) is 10.0. The van der Waals surface area contributed by atoms with E-state index in [0.29, 0.717) is 12.5 Å². The number of benzene rings is 1. The highest BCUT2D eigenvalue weighted by Gasteiger charge is 2.22. The van der Waals surface area contributed by atoms with Crippen molar-refractivity contribution in [3.63, 3.8) is 0 Å². The van der Waals surface area contributed by atoms with Crippen molar-refractivity contribution in [2.45, 2.75) is 57.9 Å². The van der Waals surface area contributed by atoms with Crippen LogP contribution in [0.3, 0.4) is 0 Å². The van der Waals surface area contributed by atoms with Crippen molar-refractivity contribution in [1.29, 1.82) is 0 Å². The van der Waals surface area contributed by atoms with Crippen LogP contribution in [-0.4, -0.2) is 11.9 Å². The number of nitrogens with one attached hydrogen (secondary N) is 2. The second kappa shape index (κ2) is 5.96. The van der Waals surface area contributed by atoms with Gasteiger partial charge >= 0.3 is 0 Å². The number of nitrogens with two attached hydrogens (primary N) is 1. The van der Waals surface area contributed by atoms with Crippen molar-refractivity contribution in [3.8, 4) is 0 Å². The summed E-state index contributed by atoms with van der Waals surface area (Å²) in [6.45, 7) is 2.28. The van der Waals surface area contributed by atoms with Crippen LogP contribution in [0.5, 0.6) is 0 Å². The number of aryl methyl sites for hydroxylation is 1. The fraction of sp³-hybridized carbons (Fsp3) is 0.588. The summed E-state index contributed by atoms with van der Waals surface area (Å²) < 4.78 is 0. The average molecular weight is 287 g/mol. The summed E-state index contributed by atoms with van der Waals surface area (Å²) in [5.74, 6) is 0.991. The number of amides is 1. The molecule has 2 aliphatic rings. The van der Waals surface area contributed by atoms with E-state index in [-0.39, 0.29) is 5.91 Å². The molecule has 0 atom stereocenters. The Labute approximate surface area is 126 Å². The molecule has 0 spiro atoms. The average Bonchev–Trinajstić information content (AvgIpc) is 2.49. The summed E-state index contributed by atoms with van der Waals surface area (Å²) in [6, 6.07) is 4.52. The Morgan fingerprint density at radius 1 is 1.24 bits per heavy atom. The van der Waals surface area contributed by atoms with Crippen LogP contribution in [0.2, 0.25) is 0 Å². The molecule has 1 aliphatic heterocycles. The highest BCUT2D eigenvalue weighted by atomic mass is 16.1. The van der Waals surface area contributed by atoms with Crippen molar-refractivity contribution in [3.05, 3.63) is 17.7 Å². The van der Waals surface area contributed by atoms with Crippen molar-refractivity contribution in [2.24, 2.45) is 5.92 Å². The zero-order valence-corrected chi connectivity index (χ0v) is 12.7. The van der Waals surface area contributed by atoms with Crippen molar-refractivity contribution >= 4 is 23.0 Å². The number of hydrogen-bond donors (Lipinski definition) is 3. The number of hydrogen-bond acceptors (Lipinski definition) is 3. The Kier molecular flexibility index (Phi) is 4.04. The first kappa shape index (κ1) is 14.2. The zero-order valence-electron chi connectivity index (χ0n) is 12.7. The molecule has 3 rings (SSSR count). The van der Waals surface area contributed by atoms with E-state index in [9.17, 15) is 4.79 Å². The van der Waals surface area contributed by atoms with E-state index in [1.807, 2.05) is 12.1 Å². The van der Waals surface area contributed by atoms with Gasteiger partial charge in [-0.25, -0.2) is 0 Å². The second-order valence-corrected chi connectivity index (χ2v) is 6.42. The van der Waals surface area contributed by atoms with E-state index >= 15 is 0 Å². The first-order chi connectivity index (χ1) is 10.2. The van der Waals surface area contributed by atoms with Gasteiger partial charge in [0.25, 0.3) is 0 Å². The predicted octanol–water partition coefficient (Wildman–Crippen LogP) is 3.53. The summed E-state index contributed by atoms with van der Waals surface area (Å²) in [6.07, 6.45) is 7.65. The van der Waals surface area contributed by atoms with E-state index in [1.54, 1.807) is 0 Å². The van der Waals surface area contributed by atoms with Crippen LogP contribution in [0.25, 0.3) is 0 Å². The van der Waals surface area contributed by atoms with Crippen molar-refractivity contribution in [1.82, 2.24) is 0 Å². The van der Waals surface area contributed by atoms with Gasteiger partial charge in [0.05, 0.1) is 11.4 Å². The predicted molar refractivity (Wildman–Crippen MR) is 87.5 cm³/mol. The molecule has 114 valence electrons. The van der Waals surface area contributed by atoms with Gasteiger partial charge in [-0.1, -0.05) is 13.3 Å². The lowest BCUT2D eigenvalue weighted by molar-refractivity contribution is -0.116. The van der Waals surface area contributed by atoms with Crippen LogP contribution in [0.1, 0.15) is 51.0 Å². The van der Waals surface area contributed by atoms with Crippen LogP contribution >= 0.6 is 0 Å². The lowest BCUT2D eigenvalue weighted by Crippen LogP contribution is -2.26. The minimum absolute atomic E-state index is 0.0988. The maximum atomic E-state index is 11.5. The van der Waals surface area contributed by atoms with E-state index in [0.717, 1.165) is 35.0 Å². The van der Waals surface area contributed by atoms with Gasteiger partial charge in [-0.2, -0.15) is 0 Å². The molecule has 4 heteroatoms. The highest BCUT2D eigenvalue weighted by Crippen LogP contribution is 2.34. The molecule has 1 heterocycles. The maximum Gasteiger partial charge on any atom is 0.224 e. The first-order valence-corrected chi connectivity index (χ1v) is 8.14. The van der Waals surface area contributed by atoms with Gasteiger partial charge in [0, 0.05) is 18.2 Å². The number of nitrogen functional groups attached to an aromatic ring is 1. The van der Waals surface area contributed by atoms with Gasteiger partial charge in [-0.05, 0) is 55.7 Å². The van der Waals surface area contributed by atoms with Gasteiger partial charge in [0.1, 0.15) is 0 Å². The van der Waals surface area contributed by atoms with Gasteiger partial charge in [0.15, 0.2) is 0 Å². The molecule has 4 nitrogen and oxygen atoms in total. The van der Waals surface area contributed by atoms with E-state index in [1.165, 1.54) is 32.1 Å². The summed E-state index contributed by atoms with van der Waals surface area (Å²) in [5, 5.41) is 6.53. The Morgan fingerprint density at radius 3 is 2.71 bits per heavy atom. The topological polar surface area (TPSA) is 67.1 Å². The Morgan fingerprint density at radius 2 is 2.00 bits per heavy atom. The van der Waals surface area contributed by atoms with Gasteiger partial charge in [-0.15, -0.1) is 0 Å². The highest BCUT2D eigenvalue weighted by molar-refractivity contribution is 5.95. The smallest absolute Gasteiger partial charge is 0.224 e. The summed E-state index contributed by atoms with van der Waals surface area (Å²) >= 11 is 0. The number of fused-ring (bicyclic) bond motifs is 1. The lowest BCUT2D eigenvalue weighted by atomic mass is 9.84.